The number of Topliss-reactive ketones (excluding diaryl/α,β-unsaturated/α-hetero) is 1. The molecular formula is C18H21N3O2S. The lowest BCUT2D eigenvalue weighted by Gasteiger charge is -2.34. The Morgan fingerprint density at radius 2 is 1.92 bits per heavy atom. The van der Waals surface area contributed by atoms with Crippen molar-refractivity contribution < 1.29 is 9.59 Å². The van der Waals surface area contributed by atoms with E-state index in [1.807, 2.05) is 34.7 Å². The van der Waals surface area contributed by atoms with E-state index in [1.54, 1.807) is 6.20 Å². The summed E-state index contributed by atoms with van der Waals surface area (Å²) in [7, 11) is 0. The van der Waals surface area contributed by atoms with E-state index in [2.05, 4.69) is 16.0 Å². The third kappa shape index (κ3) is 4.49. The van der Waals surface area contributed by atoms with Gasteiger partial charge >= 0.3 is 0 Å². The van der Waals surface area contributed by atoms with E-state index in [0.29, 0.717) is 12.8 Å². The number of thiophene rings is 1. The number of hydrogen-bond acceptors (Lipinski definition) is 5. The number of piperazine rings is 1. The molecule has 0 saturated carbocycles. The lowest BCUT2D eigenvalue weighted by molar-refractivity contribution is -0.132. The Morgan fingerprint density at radius 3 is 2.58 bits per heavy atom. The normalized spacial score (nSPS) is 15.4. The zero-order valence-corrected chi connectivity index (χ0v) is 14.4. The highest BCUT2D eigenvalue weighted by Gasteiger charge is 2.21. The Hall–Kier alpha value is -2.05. The number of aromatic nitrogens is 1. The van der Waals surface area contributed by atoms with Gasteiger partial charge in [0.2, 0.25) is 5.91 Å². The molecule has 3 rings (SSSR count). The van der Waals surface area contributed by atoms with Gasteiger partial charge in [0.25, 0.3) is 0 Å². The SMILES string of the molecule is O=C(CCC(=O)N1CCN(Cc2cccnc2)CC1)c1cccs1. The Morgan fingerprint density at radius 1 is 1.08 bits per heavy atom. The number of hydrogen-bond donors (Lipinski definition) is 0. The number of nitrogens with zero attached hydrogens (tertiary/aromatic N) is 3. The quantitative estimate of drug-likeness (QED) is 0.756. The van der Waals surface area contributed by atoms with E-state index in [-0.39, 0.29) is 11.7 Å². The van der Waals surface area contributed by atoms with Crippen LogP contribution < -0.4 is 0 Å². The van der Waals surface area contributed by atoms with Crippen molar-refractivity contribution in [2.24, 2.45) is 0 Å². The van der Waals surface area contributed by atoms with Gasteiger partial charge in [-0.15, -0.1) is 11.3 Å². The predicted molar refractivity (Wildman–Crippen MR) is 94.0 cm³/mol. The van der Waals surface area contributed by atoms with Crippen LogP contribution in [0, 0.1) is 0 Å². The average Bonchev–Trinajstić information content (AvgIpc) is 3.16. The zero-order chi connectivity index (χ0) is 16.8. The molecular weight excluding hydrogens is 322 g/mol. The minimum atomic E-state index is 0.0635. The minimum absolute atomic E-state index is 0.0635. The van der Waals surface area contributed by atoms with Crippen molar-refractivity contribution in [1.82, 2.24) is 14.8 Å². The van der Waals surface area contributed by atoms with Crippen molar-refractivity contribution in [3.63, 3.8) is 0 Å². The van der Waals surface area contributed by atoms with Crippen LogP contribution in [-0.4, -0.2) is 52.7 Å². The fraction of sp³-hybridized carbons (Fsp3) is 0.389. The number of ketones is 1. The molecule has 0 unspecified atom stereocenters. The first-order chi connectivity index (χ1) is 11.7. The number of pyridine rings is 1. The molecule has 0 N–H and O–H groups in total. The second-order valence-corrected chi connectivity index (χ2v) is 6.87. The van der Waals surface area contributed by atoms with Gasteiger partial charge in [-0.3, -0.25) is 19.5 Å². The lowest BCUT2D eigenvalue weighted by Crippen LogP contribution is -2.48. The van der Waals surface area contributed by atoms with Gasteiger partial charge in [-0.25, -0.2) is 0 Å². The summed E-state index contributed by atoms with van der Waals surface area (Å²) in [6, 6.07) is 7.69. The van der Waals surface area contributed by atoms with Gasteiger partial charge < -0.3 is 4.90 Å². The fourth-order valence-electron chi connectivity index (χ4n) is 2.84. The van der Waals surface area contributed by atoms with Crippen molar-refractivity contribution >= 4 is 23.0 Å². The maximum atomic E-state index is 12.3. The van der Waals surface area contributed by atoms with Gasteiger partial charge in [0.1, 0.15) is 0 Å². The van der Waals surface area contributed by atoms with E-state index in [9.17, 15) is 9.59 Å². The highest BCUT2D eigenvalue weighted by Crippen LogP contribution is 2.14. The fourth-order valence-corrected chi connectivity index (χ4v) is 3.54. The molecule has 0 aromatic carbocycles. The lowest BCUT2D eigenvalue weighted by atomic mass is 10.1. The Balaban J connectivity index is 1.41. The smallest absolute Gasteiger partial charge is 0.223 e. The third-order valence-electron chi connectivity index (χ3n) is 4.22. The Kier molecular flexibility index (Phi) is 5.72. The maximum absolute atomic E-state index is 12.3. The van der Waals surface area contributed by atoms with Crippen molar-refractivity contribution in [3.05, 3.63) is 52.5 Å². The summed E-state index contributed by atoms with van der Waals surface area (Å²) < 4.78 is 0. The molecule has 1 amide bonds. The van der Waals surface area contributed by atoms with Crippen molar-refractivity contribution in [1.29, 1.82) is 0 Å². The van der Waals surface area contributed by atoms with E-state index in [0.717, 1.165) is 37.6 Å². The van der Waals surface area contributed by atoms with E-state index < -0.39 is 0 Å². The van der Waals surface area contributed by atoms with Crippen molar-refractivity contribution in [3.8, 4) is 0 Å². The van der Waals surface area contributed by atoms with Gasteiger partial charge in [0.15, 0.2) is 5.78 Å². The monoisotopic (exact) mass is 343 g/mol. The van der Waals surface area contributed by atoms with E-state index in [4.69, 9.17) is 0 Å². The van der Waals surface area contributed by atoms with Crippen molar-refractivity contribution in [2.45, 2.75) is 19.4 Å². The summed E-state index contributed by atoms with van der Waals surface area (Å²) in [4.78, 5) is 33.3. The molecule has 1 aliphatic heterocycles. The van der Waals surface area contributed by atoms with Crippen LogP contribution in [-0.2, 0) is 11.3 Å². The van der Waals surface area contributed by atoms with Crippen LogP contribution in [0.2, 0.25) is 0 Å². The van der Waals surface area contributed by atoms with Gasteiger partial charge in [-0.2, -0.15) is 0 Å². The van der Waals surface area contributed by atoms with Gasteiger partial charge in [0.05, 0.1) is 4.88 Å². The number of amides is 1. The van der Waals surface area contributed by atoms with Gasteiger partial charge in [-0.1, -0.05) is 12.1 Å². The topological polar surface area (TPSA) is 53.5 Å². The number of rotatable bonds is 6. The van der Waals surface area contributed by atoms with Crippen LogP contribution >= 0.6 is 11.3 Å². The summed E-state index contributed by atoms with van der Waals surface area (Å²) in [6.07, 6.45) is 4.26. The summed E-state index contributed by atoms with van der Waals surface area (Å²) in [6.45, 7) is 4.05. The first-order valence-corrected chi connectivity index (χ1v) is 9.06. The molecule has 0 spiro atoms. The Bertz CT molecular complexity index is 665. The Labute approximate surface area is 145 Å². The molecule has 0 radical (unpaired) electrons. The highest BCUT2D eigenvalue weighted by molar-refractivity contribution is 7.12. The first-order valence-electron chi connectivity index (χ1n) is 8.18. The van der Waals surface area contributed by atoms with Crippen molar-refractivity contribution in [2.75, 3.05) is 26.2 Å². The molecule has 3 heterocycles. The second kappa shape index (κ2) is 8.17. The molecule has 1 saturated heterocycles. The van der Waals surface area contributed by atoms with Crippen LogP contribution in [0.25, 0.3) is 0 Å². The predicted octanol–water partition coefficient (Wildman–Crippen LogP) is 2.45. The summed E-state index contributed by atoms with van der Waals surface area (Å²) in [5.41, 5.74) is 1.19. The molecule has 1 aliphatic rings. The molecule has 5 nitrogen and oxygen atoms in total. The molecule has 2 aromatic rings. The number of carbonyl (C=O) groups is 2. The third-order valence-corrected chi connectivity index (χ3v) is 5.13. The second-order valence-electron chi connectivity index (χ2n) is 5.92. The van der Waals surface area contributed by atoms with E-state index in [1.165, 1.54) is 16.9 Å². The summed E-state index contributed by atoms with van der Waals surface area (Å²) in [5, 5.41) is 1.89. The molecule has 2 aromatic heterocycles. The highest BCUT2D eigenvalue weighted by atomic mass is 32.1. The van der Waals surface area contributed by atoms with Crippen LogP contribution in [0.4, 0.5) is 0 Å². The van der Waals surface area contributed by atoms with Crippen LogP contribution in [0.5, 0.6) is 0 Å². The molecule has 126 valence electrons. The van der Waals surface area contributed by atoms with Crippen LogP contribution in [0.1, 0.15) is 28.1 Å². The average molecular weight is 343 g/mol. The van der Waals surface area contributed by atoms with E-state index >= 15 is 0 Å². The molecule has 0 bridgehead atoms. The first kappa shape index (κ1) is 16.8. The molecule has 6 heteroatoms. The van der Waals surface area contributed by atoms with Gasteiger partial charge in [-0.05, 0) is 23.1 Å². The summed E-state index contributed by atoms with van der Waals surface area (Å²) >= 11 is 1.43. The van der Waals surface area contributed by atoms with Crippen LogP contribution in [0.15, 0.2) is 42.0 Å². The molecule has 0 atom stereocenters. The van der Waals surface area contributed by atoms with Crippen LogP contribution in [0.3, 0.4) is 0 Å². The van der Waals surface area contributed by atoms with Gasteiger partial charge in [0, 0.05) is 58.0 Å². The summed E-state index contributed by atoms with van der Waals surface area (Å²) in [5.74, 6) is 0.148. The molecule has 24 heavy (non-hydrogen) atoms. The zero-order valence-electron chi connectivity index (χ0n) is 13.6. The minimum Gasteiger partial charge on any atom is -0.340 e. The maximum Gasteiger partial charge on any atom is 0.223 e. The number of carbonyl (C=O) groups excluding carboxylic acids is 2. The molecule has 1 fully saturated rings. The largest absolute Gasteiger partial charge is 0.340 e. The molecule has 0 aliphatic carbocycles. The standard InChI is InChI=1S/C18H21N3O2S/c22-16(17-4-2-12-24-17)5-6-18(23)21-10-8-20(9-11-21)14-15-3-1-7-19-13-15/h1-4,7,12-13H,5-6,8-11,14H2.